The molecule has 3 rings (SSSR count). The Morgan fingerprint density at radius 2 is 2.05 bits per heavy atom. The average Bonchev–Trinajstić information content (AvgIpc) is 3.03. The highest BCUT2D eigenvalue weighted by molar-refractivity contribution is 7.13. The van der Waals surface area contributed by atoms with Crippen LogP contribution < -0.4 is 5.32 Å². The minimum Gasteiger partial charge on any atom is -0.481 e. The van der Waals surface area contributed by atoms with Crippen LogP contribution in [-0.4, -0.2) is 34.2 Å². The number of carboxylic acids is 1. The van der Waals surface area contributed by atoms with Gasteiger partial charge in [-0.3, -0.25) is 9.59 Å². The molecule has 2 aliphatic heterocycles. The number of carbonyl (C=O) groups is 2. The van der Waals surface area contributed by atoms with Crippen LogP contribution in [0.3, 0.4) is 0 Å². The topological polar surface area (TPSA) is 88.5 Å². The molecule has 3 heterocycles. The highest BCUT2D eigenvalue weighted by atomic mass is 32.1. The lowest BCUT2D eigenvalue weighted by Gasteiger charge is -2.20. The number of carboxylic acid groups (broad SMARTS) is 1. The Kier molecular flexibility index (Phi) is 2.87. The number of anilines is 1. The minimum absolute atomic E-state index is 0.349. The van der Waals surface area contributed by atoms with Crippen LogP contribution in [0.2, 0.25) is 0 Å². The second-order valence-corrected chi connectivity index (χ2v) is 5.48. The van der Waals surface area contributed by atoms with Crippen LogP contribution in [0.25, 0.3) is 0 Å². The van der Waals surface area contributed by atoms with Crippen molar-refractivity contribution in [3.8, 4) is 0 Å². The lowest BCUT2D eigenvalue weighted by atomic mass is 9.82. The number of nitrogens with one attached hydrogen (secondary N) is 1. The highest BCUT2D eigenvalue weighted by Gasteiger charge is 2.53. The minimum atomic E-state index is -1.01. The molecule has 0 aliphatic carbocycles. The summed E-state index contributed by atoms with van der Waals surface area (Å²) in [5, 5.41) is 14.2. The second kappa shape index (κ2) is 4.43. The van der Waals surface area contributed by atoms with Gasteiger partial charge in [-0.1, -0.05) is 12.2 Å². The van der Waals surface area contributed by atoms with E-state index < -0.39 is 30.0 Å². The number of carbonyl (C=O) groups excluding carboxylic acids is 1. The number of rotatable bonds is 3. The molecule has 7 heteroatoms. The molecular weight excluding hydrogens is 268 g/mol. The molecule has 1 saturated heterocycles. The fourth-order valence-electron chi connectivity index (χ4n) is 2.52. The Labute approximate surface area is 113 Å². The zero-order chi connectivity index (χ0) is 13.6. The number of aromatic nitrogens is 1. The van der Waals surface area contributed by atoms with Crippen LogP contribution in [0.1, 0.15) is 5.69 Å². The van der Waals surface area contributed by atoms with E-state index in [1.165, 1.54) is 11.3 Å². The molecule has 2 aliphatic rings. The summed E-state index contributed by atoms with van der Waals surface area (Å²) in [6.45, 7) is 1.83. The molecule has 2 bridgehead atoms. The van der Waals surface area contributed by atoms with Gasteiger partial charge >= 0.3 is 5.97 Å². The van der Waals surface area contributed by atoms with Gasteiger partial charge in [0.2, 0.25) is 5.91 Å². The Bertz CT molecular complexity index is 568. The van der Waals surface area contributed by atoms with Gasteiger partial charge in [-0.2, -0.15) is 0 Å². The standard InChI is InChI=1S/C12H12N2O4S/c1-5-4-19-12(13-5)14-10(15)8-6-2-3-7(18-6)9(8)11(16)17/h2-4,6-9H,1H3,(H,16,17)(H,13,14,15)/t6-,7-,8-,9+/m1/s1. The van der Waals surface area contributed by atoms with Crippen molar-refractivity contribution in [1.29, 1.82) is 0 Å². The van der Waals surface area contributed by atoms with Crippen LogP contribution >= 0.6 is 11.3 Å². The molecule has 1 aromatic rings. The monoisotopic (exact) mass is 280 g/mol. The Balaban J connectivity index is 1.79. The predicted molar refractivity (Wildman–Crippen MR) is 67.9 cm³/mol. The molecule has 1 aromatic heterocycles. The number of ether oxygens (including phenoxy) is 1. The van der Waals surface area contributed by atoms with E-state index in [4.69, 9.17) is 4.74 Å². The van der Waals surface area contributed by atoms with Gasteiger partial charge in [-0.05, 0) is 6.92 Å². The quantitative estimate of drug-likeness (QED) is 0.808. The number of aryl methyl sites for hydroxylation is 1. The molecular formula is C12H12N2O4S. The highest BCUT2D eigenvalue weighted by Crippen LogP contribution is 2.39. The Morgan fingerprint density at radius 3 is 2.63 bits per heavy atom. The molecule has 0 radical (unpaired) electrons. The number of nitrogens with zero attached hydrogens (tertiary/aromatic N) is 1. The largest absolute Gasteiger partial charge is 0.481 e. The maximum Gasteiger partial charge on any atom is 0.310 e. The number of hydrogen-bond donors (Lipinski definition) is 2. The fourth-order valence-corrected chi connectivity index (χ4v) is 3.21. The first-order valence-corrected chi connectivity index (χ1v) is 6.74. The molecule has 19 heavy (non-hydrogen) atoms. The lowest BCUT2D eigenvalue weighted by molar-refractivity contribution is -0.145. The average molecular weight is 280 g/mol. The Hall–Kier alpha value is -1.73. The van der Waals surface area contributed by atoms with E-state index in [1.807, 2.05) is 12.3 Å². The molecule has 6 nitrogen and oxygen atoms in total. The van der Waals surface area contributed by atoms with Gasteiger partial charge in [0.05, 0.1) is 23.8 Å². The summed E-state index contributed by atoms with van der Waals surface area (Å²) >= 11 is 1.32. The third-order valence-electron chi connectivity index (χ3n) is 3.34. The van der Waals surface area contributed by atoms with Crippen molar-refractivity contribution in [3.63, 3.8) is 0 Å². The van der Waals surface area contributed by atoms with Crippen molar-refractivity contribution >= 4 is 28.3 Å². The van der Waals surface area contributed by atoms with E-state index in [-0.39, 0.29) is 5.91 Å². The number of fused-ring (bicyclic) bond motifs is 2. The summed E-state index contributed by atoms with van der Waals surface area (Å²) in [6.07, 6.45) is 2.51. The molecule has 0 spiro atoms. The van der Waals surface area contributed by atoms with Crippen LogP contribution in [-0.2, 0) is 14.3 Å². The summed E-state index contributed by atoms with van der Waals surface area (Å²) in [5.41, 5.74) is 0.819. The van der Waals surface area contributed by atoms with Crippen molar-refractivity contribution in [1.82, 2.24) is 4.98 Å². The van der Waals surface area contributed by atoms with Crippen LogP contribution in [0.5, 0.6) is 0 Å². The summed E-state index contributed by atoms with van der Waals surface area (Å²) in [6, 6.07) is 0. The van der Waals surface area contributed by atoms with E-state index >= 15 is 0 Å². The van der Waals surface area contributed by atoms with Gasteiger partial charge in [0, 0.05) is 5.38 Å². The van der Waals surface area contributed by atoms with Crippen molar-refractivity contribution in [2.24, 2.45) is 11.8 Å². The van der Waals surface area contributed by atoms with E-state index in [2.05, 4.69) is 10.3 Å². The SMILES string of the molecule is Cc1csc(NC(=O)[C@H]2[C@@H](C(=O)O)[C@H]3C=C[C@H]2O3)n1. The fraction of sp³-hybridized carbons (Fsp3) is 0.417. The molecule has 0 unspecified atom stereocenters. The normalized spacial score (nSPS) is 31.6. The second-order valence-electron chi connectivity index (χ2n) is 4.62. The maximum absolute atomic E-state index is 12.2. The molecule has 1 amide bonds. The van der Waals surface area contributed by atoms with Crippen molar-refractivity contribution in [2.75, 3.05) is 5.32 Å². The number of thiazole rings is 1. The maximum atomic E-state index is 12.2. The molecule has 0 aromatic carbocycles. The van der Waals surface area contributed by atoms with Gasteiger partial charge in [0.1, 0.15) is 5.92 Å². The van der Waals surface area contributed by atoms with Crippen molar-refractivity contribution in [2.45, 2.75) is 19.1 Å². The third kappa shape index (κ3) is 2.04. The molecule has 2 N–H and O–H groups in total. The smallest absolute Gasteiger partial charge is 0.310 e. The van der Waals surface area contributed by atoms with Gasteiger partial charge in [-0.25, -0.2) is 4.98 Å². The first-order chi connectivity index (χ1) is 9.06. The first-order valence-electron chi connectivity index (χ1n) is 5.86. The molecule has 100 valence electrons. The summed E-state index contributed by atoms with van der Waals surface area (Å²) in [7, 11) is 0. The van der Waals surface area contributed by atoms with Crippen molar-refractivity contribution in [3.05, 3.63) is 23.2 Å². The van der Waals surface area contributed by atoms with E-state index in [1.54, 1.807) is 12.2 Å². The summed E-state index contributed by atoms with van der Waals surface area (Å²) < 4.78 is 5.45. The van der Waals surface area contributed by atoms with Crippen LogP contribution in [0.15, 0.2) is 17.5 Å². The summed E-state index contributed by atoms with van der Waals surface area (Å²) in [5.74, 6) is -2.88. The van der Waals surface area contributed by atoms with Crippen LogP contribution in [0, 0.1) is 18.8 Å². The number of aliphatic carboxylic acids is 1. The number of hydrogen-bond acceptors (Lipinski definition) is 5. The Morgan fingerprint density at radius 1 is 1.37 bits per heavy atom. The van der Waals surface area contributed by atoms with Gasteiger partial charge in [0.15, 0.2) is 5.13 Å². The summed E-state index contributed by atoms with van der Waals surface area (Å²) in [4.78, 5) is 27.6. The van der Waals surface area contributed by atoms with Crippen LogP contribution in [0.4, 0.5) is 5.13 Å². The van der Waals surface area contributed by atoms with E-state index in [0.717, 1.165) is 5.69 Å². The van der Waals surface area contributed by atoms with Gasteiger partial charge in [0.25, 0.3) is 0 Å². The zero-order valence-corrected chi connectivity index (χ0v) is 10.9. The van der Waals surface area contributed by atoms with Gasteiger partial charge < -0.3 is 15.2 Å². The number of amides is 1. The van der Waals surface area contributed by atoms with Crippen molar-refractivity contribution < 1.29 is 19.4 Å². The van der Waals surface area contributed by atoms with E-state index in [9.17, 15) is 14.7 Å². The molecule has 0 saturated carbocycles. The lowest BCUT2D eigenvalue weighted by Crippen LogP contribution is -2.39. The molecule has 1 fully saturated rings. The zero-order valence-electron chi connectivity index (χ0n) is 10.1. The van der Waals surface area contributed by atoms with Gasteiger partial charge in [-0.15, -0.1) is 11.3 Å². The first kappa shape index (κ1) is 12.3. The van der Waals surface area contributed by atoms with E-state index in [0.29, 0.717) is 5.13 Å². The third-order valence-corrected chi connectivity index (χ3v) is 4.21. The predicted octanol–water partition coefficient (Wildman–Crippen LogP) is 1.04. The molecule has 4 atom stereocenters.